The summed E-state index contributed by atoms with van der Waals surface area (Å²) in [5, 5.41) is 11.9. The lowest BCUT2D eigenvalue weighted by Gasteiger charge is -2.28. The second kappa shape index (κ2) is 7.75. The van der Waals surface area contributed by atoms with Crippen LogP contribution >= 0.6 is 0 Å². The maximum absolute atomic E-state index is 11.9. The Morgan fingerprint density at radius 2 is 0.923 bits per heavy atom. The highest BCUT2D eigenvalue weighted by molar-refractivity contribution is 5.39. The normalized spacial score (nSPS) is 11.5. The summed E-state index contributed by atoms with van der Waals surface area (Å²) in [6.07, 6.45) is 2.40. The molecule has 134 valence electrons. The Morgan fingerprint density at radius 3 is 1.19 bits per heavy atom. The second-order valence-corrected chi connectivity index (χ2v) is 6.31. The van der Waals surface area contributed by atoms with E-state index in [9.17, 15) is 5.11 Å². The van der Waals surface area contributed by atoms with Crippen LogP contribution in [0.5, 0.6) is 0 Å². The highest BCUT2D eigenvalue weighted by Crippen LogP contribution is 2.34. The molecule has 26 heavy (non-hydrogen) atoms. The Hall–Kier alpha value is -2.59. The highest BCUT2D eigenvalue weighted by atomic mass is 16.3. The molecule has 4 heteroatoms. The van der Waals surface area contributed by atoms with E-state index >= 15 is 0 Å². The summed E-state index contributed by atoms with van der Waals surface area (Å²) in [7, 11) is 0. The van der Waals surface area contributed by atoms with Crippen LogP contribution in [0.15, 0.2) is 54.6 Å². The third-order valence-corrected chi connectivity index (χ3v) is 4.62. The van der Waals surface area contributed by atoms with Crippen molar-refractivity contribution < 1.29 is 5.11 Å². The van der Waals surface area contributed by atoms with Gasteiger partial charge in [-0.3, -0.25) is 15.0 Å². The second-order valence-electron chi connectivity index (χ2n) is 6.31. The van der Waals surface area contributed by atoms with E-state index in [1.165, 1.54) is 0 Å². The zero-order valence-electron chi connectivity index (χ0n) is 15.6. The molecular formula is C22H25N3O. The first-order valence-corrected chi connectivity index (χ1v) is 9.23. The van der Waals surface area contributed by atoms with Crippen LogP contribution in [0.2, 0.25) is 0 Å². The standard InChI is InChI=1S/C22H25N3O/c1-4-16-10-7-13-19(23-16)22(26,20-14-8-11-17(5-2)24-20)21-15-9-12-18(6-3)25-21/h7-15,26H,4-6H2,1-3H3. The predicted molar refractivity (Wildman–Crippen MR) is 103 cm³/mol. The minimum Gasteiger partial charge on any atom is -0.372 e. The average Bonchev–Trinajstić information content (AvgIpc) is 2.73. The van der Waals surface area contributed by atoms with E-state index in [0.29, 0.717) is 17.1 Å². The first-order chi connectivity index (χ1) is 12.6. The number of nitrogens with zero attached hydrogens (tertiary/aromatic N) is 3. The summed E-state index contributed by atoms with van der Waals surface area (Å²) in [5.74, 6) is 0. The van der Waals surface area contributed by atoms with Crippen LogP contribution in [0, 0.1) is 0 Å². The molecule has 0 amide bonds. The van der Waals surface area contributed by atoms with Crippen molar-refractivity contribution in [1.29, 1.82) is 0 Å². The zero-order valence-corrected chi connectivity index (χ0v) is 15.6. The predicted octanol–water partition coefficient (Wildman–Crippen LogP) is 3.84. The van der Waals surface area contributed by atoms with Crippen LogP contribution in [0.25, 0.3) is 0 Å². The lowest BCUT2D eigenvalue weighted by Crippen LogP contribution is -2.33. The van der Waals surface area contributed by atoms with Gasteiger partial charge in [-0.05, 0) is 55.7 Å². The quantitative estimate of drug-likeness (QED) is 0.736. The average molecular weight is 347 g/mol. The molecule has 3 aromatic heterocycles. The van der Waals surface area contributed by atoms with Crippen molar-refractivity contribution in [2.75, 3.05) is 0 Å². The molecule has 0 aliphatic heterocycles. The minimum absolute atomic E-state index is 0.554. The van der Waals surface area contributed by atoms with Gasteiger partial charge in [0.15, 0.2) is 5.60 Å². The van der Waals surface area contributed by atoms with Crippen molar-refractivity contribution in [3.63, 3.8) is 0 Å². The van der Waals surface area contributed by atoms with Crippen LogP contribution in [-0.4, -0.2) is 20.1 Å². The third-order valence-electron chi connectivity index (χ3n) is 4.62. The number of hydrogen-bond donors (Lipinski definition) is 1. The number of pyridine rings is 3. The molecule has 0 spiro atoms. The van der Waals surface area contributed by atoms with Gasteiger partial charge in [-0.1, -0.05) is 39.0 Å². The number of rotatable bonds is 6. The van der Waals surface area contributed by atoms with Gasteiger partial charge in [0.2, 0.25) is 0 Å². The summed E-state index contributed by atoms with van der Waals surface area (Å²) in [5.41, 5.74) is 2.97. The first kappa shape index (κ1) is 18.2. The molecule has 3 rings (SSSR count). The summed E-state index contributed by atoms with van der Waals surface area (Å²) < 4.78 is 0. The van der Waals surface area contributed by atoms with Gasteiger partial charge in [-0.25, -0.2) is 0 Å². The van der Waals surface area contributed by atoms with Gasteiger partial charge in [0.25, 0.3) is 0 Å². The molecule has 4 nitrogen and oxygen atoms in total. The number of aliphatic hydroxyl groups is 1. The van der Waals surface area contributed by atoms with Crippen LogP contribution in [0.4, 0.5) is 0 Å². The molecule has 0 radical (unpaired) electrons. The van der Waals surface area contributed by atoms with E-state index in [0.717, 1.165) is 36.3 Å². The molecule has 0 atom stereocenters. The number of aryl methyl sites for hydroxylation is 3. The van der Waals surface area contributed by atoms with Gasteiger partial charge in [0.05, 0.1) is 17.1 Å². The molecule has 0 saturated heterocycles. The smallest absolute Gasteiger partial charge is 0.191 e. The molecule has 0 aromatic carbocycles. The minimum atomic E-state index is -1.48. The molecule has 0 unspecified atom stereocenters. The molecule has 0 bridgehead atoms. The molecule has 0 aliphatic carbocycles. The largest absolute Gasteiger partial charge is 0.372 e. The molecule has 0 fully saturated rings. The summed E-state index contributed by atoms with van der Waals surface area (Å²) in [6, 6.07) is 17.2. The fraction of sp³-hybridized carbons (Fsp3) is 0.318. The van der Waals surface area contributed by atoms with Crippen LogP contribution < -0.4 is 0 Å². The van der Waals surface area contributed by atoms with Crippen molar-refractivity contribution in [2.45, 2.75) is 45.6 Å². The molecule has 0 aliphatic rings. The van der Waals surface area contributed by atoms with Crippen LogP contribution in [0.1, 0.15) is 54.9 Å². The van der Waals surface area contributed by atoms with Gasteiger partial charge in [0.1, 0.15) is 0 Å². The number of hydrogen-bond acceptors (Lipinski definition) is 4. The molecule has 3 aromatic rings. The van der Waals surface area contributed by atoms with E-state index in [-0.39, 0.29) is 0 Å². The Labute approximate surface area is 155 Å². The Bertz CT molecular complexity index is 776. The Morgan fingerprint density at radius 1 is 0.615 bits per heavy atom. The summed E-state index contributed by atoms with van der Waals surface area (Å²) in [6.45, 7) is 6.16. The van der Waals surface area contributed by atoms with E-state index < -0.39 is 5.60 Å². The van der Waals surface area contributed by atoms with Crippen molar-refractivity contribution in [2.24, 2.45) is 0 Å². The zero-order chi connectivity index (χ0) is 18.6. The summed E-state index contributed by atoms with van der Waals surface area (Å²) >= 11 is 0. The molecule has 0 saturated carbocycles. The van der Waals surface area contributed by atoms with Crippen molar-refractivity contribution in [1.82, 2.24) is 15.0 Å². The van der Waals surface area contributed by atoms with Gasteiger partial charge in [-0.2, -0.15) is 0 Å². The van der Waals surface area contributed by atoms with E-state index in [4.69, 9.17) is 15.0 Å². The first-order valence-electron chi connectivity index (χ1n) is 9.23. The molecule has 1 N–H and O–H groups in total. The maximum atomic E-state index is 11.9. The lowest BCUT2D eigenvalue weighted by molar-refractivity contribution is 0.110. The van der Waals surface area contributed by atoms with Crippen LogP contribution in [0.3, 0.4) is 0 Å². The van der Waals surface area contributed by atoms with E-state index in [1.54, 1.807) is 0 Å². The van der Waals surface area contributed by atoms with E-state index in [2.05, 4.69) is 20.8 Å². The van der Waals surface area contributed by atoms with Crippen molar-refractivity contribution >= 4 is 0 Å². The topological polar surface area (TPSA) is 58.9 Å². The van der Waals surface area contributed by atoms with Gasteiger partial charge < -0.3 is 5.11 Å². The maximum Gasteiger partial charge on any atom is 0.191 e. The Balaban J connectivity index is 2.26. The SMILES string of the molecule is CCc1cccc(C(O)(c2cccc(CC)n2)c2cccc(CC)n2)n1. The fourth-order valence-corrected chi connectivity index (χ4v) is 3.03. The summed E-state index contributed by atoms with van der Waals surface area (Å²) in [4.78, 5) is 14.1. The van der Waals surface area contributed by atoms with Gasteiger partial charge in [-0.15, -0.1) is 0 Å². The molecular weight excluding hydrogens is 322 g/mol. The Kier molecular flexibility index (Phi) is 5.43. The van der Waals surface area contributed by atoms with E-state index in [1.807, 2.05) is 54.6 Å². The third kappa shape index (κ3) is 3.37. The highest BCUT2D eigenvalue weighted by Gasteiger charge is 2.38. The number of aromatic nitrogens is 3. The lowest BCUT2D eigenvalue weighted by atomic mass is 9.89. The van der Waals surface area contributed by atoms with Crippen molar-refractivity contribution in [3.05, 3.63) is 88.8 Å². The molecule has 3 heterocycles. The fourth-order valence-electron chi connectivity index (χ4n) is 3.03. The van der Waals surface area contributed by atoms with Gasteiger partial charge >= 0.3 is 0 Å². The van der Waals surface area contributed by atoms with Crippen LogP contribution in [-0.2, 0) is 24.9 Å². The monoisotopic (exact) mass is 347 g/mol. The van der Waals surface area contributed by atoms with Crippen molar-refractivity contribution in [3.8, 4) is 0 Å². The van der Waals surface area contributed by atoms with Gasteiger partial charge in [0, 0.05) is 17.1 Å².